The van der Waals surface area contributed by atoms with Crippen molar-refractivity contribution in [2.24, 2.45) is 0 Å². The number of ether oxygens (including phenoxy) is 2. The van der Waals surface area contributed by atoms with Crippen molar-refractivity contribution < 1.29 is 23.9 Å². The van der Waals surface area contributed by atoms with Crippen molar-refractivity contribution in [1.29, 1.82) is 0 Å². The van der Waals surface area contributed by atoms with Gasteiger partial charge in [-0.25, -0.2) is 0 Å². The Morgan fingerprint density at radius 3 is 1.55 bits per heavy atom. The van der Waals surface area contributed by atoms with Crippen LogP contribution >= 0.6 is 0 Å². The van der Waals surface area contributed by atoms with Crippen LogP contribution in [0.15, 0.2) is 48.5 Å². The van der Waals surface area contributed by atoms with Gasteiger partial charge < -0.3 is 25.4 Å². The Hall–Kier alpha value is -3.55. The van der Waals surface area contributed by atoms with Crippen LogP contribution in [-0.4, -0.2) is 43.0 Å². The molecule has 0 fully saturated rings. The number of hydrogen-bond acceptors (Lipinski definition) is 5. The van der Waals surface area contributed by atoms with Crippen LogP contribution in [0, 0.1) is 0 Å². The van der Waals surface area contributed by atoms with Crippen LogP contribution in [0.5, 0.6) is 11.5 Å². The number of benzene rings is 2. The second-order valence-corrected chi connectivity index (χ2v) is 7.52. The van der Waals surface area contributed by atoms with E-state index >= 15 is 0 Å². The first-order valence-electron chi connectivity index (χ1n) is 10.1. The van der Waals surface area contributed by atoms with E-state index in [2.05, 4.69) is 16.0 Å². The largest absolute Gasteiger partial charge is 0.484 e. The fourth-order valence-corrected chi connectivity index (χ4v) is 2.57. The molecule has 8 nitrogen and oxygen atoms in total. The monoisotopic (exact) mass is 427 g/mol. The number of rotatable bonds is 10. The second kappa shape index (κ2) is 11.6. The van der Waals surface area contributed by atoms with E-state index in [0.29, 0.717) is 22.7 Å². The maximum absolute atomic E-state index is 12.4. The topological polar surface area (TPSA) is 106 Å². The van der Waals surface area contributed by atoms with Crippen LogP contribution in [0.25, 0.3) is 0 Å². The lowest BCUT2D eigenvalue weighted by atomic mass is 10.2. The minimum absolute atomic E-state index is 0.0483. The van der Waals surface area contributed by atoms with Gasteiger partial charge in [-0.2, -0.15) is 0 Å². The highest BCUT2D eigenvalue weighted by Crippen LogP contribution is 2.18. The Morgan fingerprint density at radius 2 is 1.13 bits per heavy atom. The first-order chi connectivity index (χ1) is 14.7. The van der Waals surface area contributed by atoms with Crippen LogP contribution in [0.3, 0.4) is 0 Å². The molecule has 2 aromatic carbocycles. The summed E-state index contributed by atoms with van der Waals surface area (Å²) in [6.45, 7) is 7.34. The molecular weight excluding hydrogens is 398 g/mol. The van der Waals surface area contributed by atoms with Crippen molar-refractivity contribution in [3.8, 4) is 11.5 Å². The Morgan fingerprint density at radius 1 is 0.710 bits per heavy atom. The van der Waals surface area contributed by atoms with Gasteiger partial charge in [-0.1, -0.05) is 0 Å². The molecule has 166 valence electrons. The molecule has 0 atom stereocenters. The van der Waals surface area contributed by atoms with E-state index in [4.69, 9.17) is 9.47 Å². The molecule has 2 rings (SSSR count). The number of amides is 3. The predicted molar refractivity (Wildman–Crippen MR) is 118 cm³/mol. The first-order valence-corrected chi connectivity index (χ1v) is 10.1. The molecule has 31 heavy (non-hydrogen) atoms. The van der Waals surface area contributed by atoms with Gasteiger partial charge in [0.15, 0.2) is 13.2 Å². The summed E-state index contributed by atoms with van der Waals surface area (Å²) < 4.78 is 10.8. The summed E-state index contributed by atoms with van der Waals surface area (Å²) in [5.74, 6) is 0.345. The predicted octanol–water partition coefficient (Wildman–Crippen LogP) is 2.75. The van der Waals surface area contributed by atoms with Gasteiger partial charge in [-0.15, -0.1) is 0 Å². The third-order valence-corrected chi connectivity index (χ3v) is 3.87. The molecule has 2 aromatic rings. The zero-order chi connectivity index (χ0) is 22.8. The van der Waals surface area contributed by atoms with Gasteiger partial charge in [0.05, 0.1) is 0 Å². The average Bonchev–Trinajstić information content (AvgIpc) is 2.71. The molecule has 0 aliphatic rings. The Balaban J connectivity index is 1.83. The third kappa shape index (κ3) is 8.77. The quantitative estimate of drug-likeness (QED) is 0.541. The molecule has 0 saturated carbocycles. The summed E-state index contributed by atoms with van der Waals surface area (Å²) in [7, 11) is 0. The SMILES string of the molecule is CC(C)NC(=O)COc1ccc(NC(=O)c2ccc(OCC(=O)NC(C)C)cc2)cc1. The van der Waals surface area contributed by atoms with E-state index in [9.17, 15) is 14.4 Å². The number of hydrogen-bond donors (Lipinski definition) is 3. The highest BCUT2D eigenvalue weighted by molar-refractivity contribution is 6.04. The van der Waals surface area contributed by atoms with Gasteiger partial charge in [0.25, 0.3) is 17.7 Å². The minimum atomic E-state index is -0.283. The average molecular weight is 428 g/mol. The Labute approximate surface area is 182 Å². The van der Waals surface area contributed by atoms with Crippen molar-refractivity contribution in [3.63, 3.8) is 0 Å². The second-order valence-electron chi connectivity index (χ2n) is 7.52. The van der Waals surface area contributed by atoms with E-state index in [1.54, 1.807) is 48.5 Å². The molecule has 0 spiro atoms. The van der Waals surface area contributed by atoms with Gasteiger partial charge in [-0.3, -0.25) is 14.4 Å². The molecule has 0 aliphatic heterocycles. The molecule has 0 heterocycles. The number of carbonyl (C=O) groups excluding carboxylic acids is 3. The van der Waals surface area contributed by atoms with Crippen LogP contribution < -0.4 is 25.4 Å². The molecular formula is C23H29N3O5. The van der Waals surface area contributed by atoms with E-state index in [1.165, 1.54) is 0 Å². The number of nitrogens with one attached hydrogen (secondary N) is 3. The lowest BCUT2D eigenvalue weighted by Crippen LogP contribution is -2.34. The normalized spacial score (nSPS) is 10.5. The van der Waals surface area contributed by atoms with Crippen LogP contribution in [0.4, 0.5) is 5.69 Å². The fourth-order valence-electron chi connectivity index (χ4n) is 2.57. The van der Waals surface area contributed by atoms with E-state index in [0.717, 1.165) is 0 Å². The van der Waals surface area contributed by atoms with Gasteiger partial charge in [0.1, 0.15) is 11.5 Å². The summed E-state index contributed by atoms with van der Waals surface area (Å²) >= 11 is 0. The van der Waals surface area contributed by atoms with Crippen LogP contribution in [0.1, 0.15) is 38.1 Å². The fraction of sp³-hybridized carbons (Fsp3) is 0.348. The lowest BCUT2D eigenvalue weighted by molar-refractivity contribution is -0.124. The lowest BCUT2D eigenvalue weighted by Gasteiger charge is -2.11. The zero-order valence-electron chi connectivity index (χ0n) is 18.2. The maximum atomic E-state index is 12.4. The van der Waals surface area contributed by atoms with Crippen molar-refractivity contribution in [1.82, 2.24) is 10.6 Å². The smallest absolute Gasteiger partial charge is 0.258 e. The maximum Gasteiger partial charge on any atom is 0.258 e. The number of anilines is 1. The standard InChI is InChI=1S/C23H29N3O5/c1-15(2)24-21(27)13-30-19-9-5-17(6-10-19)23(29)26-18-7-11-20(12-8-18)31-14-22(28)25-16(3)4/h5-12,15-16H,13-14H2,1-4H3,(H,24,27)(H,25,28)(H,26,29). The first kappa shape index (κ1) is 23.7. The van der Waals surface area contributed by atoms with Gasteiger partial charge in [0, 0.05) is 23.3 Å². The van der Waals surface area contributed by atoms with Crippen molar-refractivity contribution in [3.05, 3.63) is 54.1 Å². The molecule has 0 aliphatic carbocycles. The summed E-state index contributed by atoms with van der Waals surface area (Å²) in [4.78, 5) is 35.6. The van der Waals surface area contributed by atoms with Gasteiger partial charge >= 0.3 is 0 Å². The Bertz CT molecular complexity index is 877. The summed E-state index contributed by atoms with van der Waals surface area (Å²) in [6.07, 6.45) is 0. The van der Waals surface area contributed by atoms with Crippen LogP contribution in [0.2, 0.25) is 0 Å². The van der Waals surface area contributed by atoms with E-state index < -0.39 is 0 Å². The molecule has 0 bridgehead atoms. The summed E-state index contributed by atoms with van der Waals surface area (Å²) in [6, 6.07) is 13.4. The summed E-state index contributed by atoms with van der Waals surface area (Å²) in [5, 5.41) is 8.27. The molecule has 0 saturated heterocycles. The molecule has 8 heteroatoms. The van der Waals surface area contributed by atoms with E-state index in [-0.39, 0.29) is 43.0 Å². The molecule has 0 aromatic heterocycles. The van der Waals surface area contributed by atoms with Gasteiger partial charge in [-0.05, 0) is 76.2 Å². The molecule has 0 unspecified atom stereocenters. The molecule has 3 N–H and O–H groups in total. The number of carbonyl (C=O) groups is 3. The van der Waals surface area contributed by atoms with Crippen LogP contribution in [-0.2, 0) is 9.59 Å². The molecule has 0 radical (unpaired) electrons. The third-order valence-electron chi connectivity index (χ3n) is 3.87. The highest BCUT2D eigenvalue weighted by Gasteiger charge is 2.09. The summed E-state index contributed by atoms with van der Waals surface area (Å²) in [5.41, 5.74) is 1.04. The minimum Gasteiger partial charge on any atom is -0.484 e. The van der Waals surface area contributed by atoms with Crippen molar-refractivity contribution in [2.75, 3.05) is 18.5 Å². The highest BCUT2D eigenvalue weighted by atomic mass is 16.5. The van der Waals surface area contributed by atoms with Crippen molar-refractivity contribution in [2.45, 2.75) is 39.8 Å². The van der Waals surface area contributed by atoms with Gasteiger partial charge in [0.2, 0.25) is 0 Å². The zero-order valence-corrected chi connectivity index (χ0v) is 18.2. The molecule has 3 amide bonds. The van der Waals surface area contributed by atoms with Crippen molar-refractivity contribution >= 4 is 23.4 Å². The Kier molecular flexibility index (Phi) is 8.87. The van der Waals surface area contributed by atoms with E-state index in [1.807, 2.05) is 27.7 Å².